The van der Waals surface area contributed by atoms with Crippen molar-refractivity contribution < 1.29 is 4.74 Å². The first-order chi connectivity index (χ1) is 15.0. The lowest BCUT2D eigenvalue weighted by atomic mass is 10.1. The third-order valence-electron chi connectivity index (χ3n) is 6.04. The number of piperazine rings is 1. The highest BCUT2D eigenvalue weighted by atomic mass is 35.5. The van der Waals surface area contributed by atoms with E-state index in [4.69, 9.17) is 16.3 Å². The van der Waals surface area contributed by atoms with Crippen molar-refractivity contribution in [2.24, 2.45) is 12.0 Å². The number of guanidine groups is 1. The Labute approximate surface area is 189 Å². The zero-order chi connectivity index (χ0) is 21.8. The Morgan fingerprint density at radius 3 is 2.74 bits per heavy atom. The molecular weight excluding hydrogens is 414 g/mol. The monoisotopic (exact) mass is 445 g/mol. The Hall–Kier alpha value is -2.29. The largest absolute Gasteiger partial charge is 0.370 e. The second-order valence-corrected chi connectivity index (χ2v) is 8.59. The first-order valence-corrected chi connectivity index (χ1v) is 11.2. The molecule has 0 radical (unpaired) electrons. The lowest BCUT2D eigenvalue weighted by Gasteiger charge is -2.36. The number of likely N-dealkylation sites (N-methyl/N-ethyl adjacent to an activating group) is 1. The Morgan fingerprint density at radius 2 is 2.03 bits per heavy atom. The van der Waals surface area contributed by atoms with E-state index in [-0.39, 0.29) is 6.10 Å². The fourth-order valence-corrected chi connectivity index (χ4v) is 4.45. The Bertz CT molecular complexity index is 907. The van der Waals surface area contributed by atoms with Crippen LogP contribution in [0.4, 0.5) is 5.69 Å². The number of hydrogen-bond donors (Lipinski definition) is 1. The van der Waals surface area contributed by atoms with E-state index in [1.165, 1.54) is 5.69 Å². The molecule has 1 N–H and O–H groups in total. The van der Waals surface area contributed by atoms with E-state index in [2.05, 4.69) is 43.2 Å². The van der Waals surface area contributed by atoms with Crippen LogP contribution < -0.4 is 10.2 Å². The number of benzene rings is 1. The molecule has 4 rings (SSSR count). The maximum absolute atomic E-state index is 6.64. The van der Waals surface area contributed by atoms with E-state index in [1.54, 1.807) is 0 Å². The summed E-state index contributed by atoms with van der Waals surface area (Å²) in [6, 6.07) is 6.17. The zero-order valence-corrected chi connectivity index (χ0v) is 19.3. The molecule has 1 unspecified atom stereocenters. The molecule has 1 aromatic carbocycles. The van der Waals surface area contributed by atoms with Gasteiger partial charge in [-0.15, -0.1) is 0 Å². The van der Waals surface area contributed by atoms with E-state index < -0.39 is 0 Å². The Balaban J connectivity index is 1.44. The van der Waals surface area contributed by atoms with Crippen LogP contribution >= 0.6 is 11.6 Å². The average Bonchev–Trinajstić information content (AvgIpc) is 3.22. The van der Waals surface area contributed by atoms with Crippen LogP contribution in [0.15, 0.2) is 35.6 Å². The molecule has 31 heavy (non-hydrogen) atoms. The normalized spacial score (nSPS) is 20.9. The summed E-state index contributed by atoms with van der Waals surface area (Å²) < 4.78 is 7.79. The second kappa shape index (κ2) is 9.89. The number of aryl methyl sites for hydroxylation is 1. The first-order valence-electron chi connectivity index (χ1n) is 10.8. The molecule has 2 aliphatic heterocycles. The highest BCUT2D eigenvalue weighted by molar-refractivity contribution is 6.31. The van der Waals surface area contributed by atoms with Gasteiger partial charge in [0.2, 0.25) is 0 Å². The minimum atomic E-state index is -0.0118. The van der Waals surface area contributed by atoms with Crippen LogP contribution in [0.2, 0.25) is 5.02 Å². The Morgan fingerprint density at radius 1 is 1.23 bits per heavy atom. The highest BCUT2D eigenvalue weighted by Crippen LogP contribution is 2.28. The summed E-state index contributed by atoms with van der Waals surface area (Å²) in [6.45, 7) is 6.95. The van der Waals surface area contributed by atoms with Gasteiger partial charge in [0, 0.05) is 81.4 Å². The number of nitrogens with zero attached hydrogens (tertiary/aromatic N) is 6. The predicted molar refractivity (Wildman–Crippen MR) is 125 cm³/mol. The van der Waals surface area contributed by atoms with Gasteiger partial charge in [0.25, 0.3) is 0 Å². The summed E-state index contributed by atoms with van der Waals surface area (Å²) in [4.78, 5) is 11.6. The SMILES string of the molecule is CN=C(NCc1c(Cl)cccc1N1CCN(C)CC1)N1CCOC(c2cnn(C)c2)C1. The molecule has 3 heterocycles. The number of halogens is 1. The molecule has 1 atom stereocenters. The molecule has 2 saturated heterocycles. The fraction of sp³-hybridized carbons (Fsp3) is 0.545. The first kappa shape index (κ1) is 21.9. The van der Waals surface area contributed by atoms with Gasteiger partial charge in [0.15, 0.2) is 5.96 Å². The molecule has 0 spiro atoms. The summed E-state index contributed by atoms with van der Waals surface area (Å²) in [7, 11) is 5.92. The van der Waals surface area contributed by atoms with E-state index in [9.17, 15) is 0 Å². The van der Waals surface area contributed by atoms with E-state index in [0.29, 0.717) is 13.2 Å². The lowest BCUT2D eigenvalue weighted by molar-refractivity contribution is -0.00805. The molecule has 2 fully saturated rings. The molecular formula is C22H32ClN7O. The number of nitrogens with one attached hydrogen (secondary N) is 1. The van der Waals surface area contributed by atoms with Crippen molar-refractivity contribution in [3.63, 3.8) is 0 Å². The number of ether oxygens (including phenoxy) is 1. The Kier molecular flexibility index (Phi) is 6.99. The van der Waals surface area contributed by atoms with Gasteiger partial charge >= 0.3 is 0 Å². The number of aliphatic imine (C=N–C) groups is 1. The van der Waals surface area contributed by atoms with Crippen LogP contribution in [0.25, 0.3) is 0 Å². The zero-order valence-electron chi connectivity index (χ0n) is 18.6. The standard InChI is InChI=1S/C22H32ClN7O/c1-24-22(30-11-12-31-21(16-30)17-13-26-28(3)15-17)25-14-18-19(23)5-4-6-20(18)29-9-7-27(2)8-10-29/h4-6,13,15,21H,7-12,14,16H2,1-3H3,(H,24,25). The van der Waals surface area contributed by atoms with Gasteiger partial charge in [0.05, 0.1) is 19.3 Å². The van der Waals surface area contributed by atoms with Gasteiger partial charge in [-0.05, 0) is 19.2 Å². The molecule has 2 aromatic rings. The van der Waals surface area contributed by atoms with E-state index >= 15 is 0 Å². The minimum absolute atomic E-state index is 0.0118. The number of morpholine rings is 1. The van der Waals surface area contributed by atoms with Crippen molar-refractivity contribution in [1.29, 1.82) is 0 Å². The maximum atomic E-state index is 6.64. The number of rotatable bonds is 4. The topological polar surface area (TPSA) is 61.2 Å². The van der Waals surface area contributed by atoms with Gasteiger partial charge in [-0.2, -0.15) is 5.10 Å². The van der Waals surface area contributed by atoms with Gasteiger partial charge in [-0.25, -0.2) is 0 Å². The van der Waals surface area contributed by atoms with E-state index in [0.717, 1.165) is 61.4 Å². The lowest BCUT2D eigenvalue weighted by Crippen LogP contribution is -2.48. The van der Waals surface area contributed by atoms with E-state index in [1.807, 2.05) is 43.3 Å². The molecule has 2 aliphatic rings. The van der Waals surface area contributed by atoms with Gasteiger partial charge < -0.3 is 24.8 Å². The second-order valence-electron chi connectivity index (χ2n) is 8.18. The van der Waals surface area contributed by atoms with Crippen molar-refractivity contribution in [3.05, 3.63) is 46.7 Å². The molecule has 9 heteroatoms. The summed E-state index contributed by atoms with van der Waals surface area (Å²) in [5.41, 5.74) is 3.41. The average molecular weight is 446 g/mol. The minimum Gasteiger partial charge on any atom is -0.370 e. The molecule has 0 amide bonds. The van der Waals surface area contributed by atoms with Gasteiger partial charge in [-0.1, -0.05) is 17.7 Å². The van der Waals surface area contributed by atoms with Crippen LogP contribution in [-0.4, -0.2) is 85.5 Å². The number of aromatic nitrogens is 2. The molecule has 0 saturated carbocycles. The number of hydrogen-bond acceptors (Lipinski definition) is 5. The number of anilines is 1. The highest BCUT2D eigenvalue weighted by Gasteiger charge is 2.26. The van der Waals surface area contributed by atoms with Crippen molar-refractivity contribution in [2.45, 2.75) is 12.6 Å². The van der Waals surface area contributed by atoms with Crippen molar-refractivity contribution in [3.8, 4) is 0 Å². The molecule has 168 valence electrons. The third-order valence-corrected chi connectivity index (χ3v) is 6.39. The van der Waals surface area contributed by atoms with Crippen molar-refractivity contribution in [1.82, 2.24) is 24.9 Å². The van der Waals surface area contributed by atoms with Gasteiger partial charge in [-0.3, -0.25) is 9.67 Å². The van der Waals surface area contributed by atoms with Crippen molar-refractivity contribution >= 4 is 23.2 Å². The predicted octanol–water partition coefficient (Wildman–Crippen LogP) is 1.97. The third kappa shape index (κ3) is 5.14. The molecule has 8 nitrogen and oxygen atoms in total. The quantitative estimate of drug-likeness (QED) is 0.573. The maximum Gasteiger partial charge on any atom is 0.194 e. The summed E-state index contributed by atoms with van der Waals surface area (Å²) >= 11 is 6.64. The molecule has 1 aromatic heterocycles. The van der Waals surface area contributed by atoms with Crippen molar-refractivity contribution in [2.75, 3.05) is 64.9 Å². The van der Waals surface area contributed by atoms with Crippen LogP contribution in [0.5, 0.6) is 0 Å². The van der Waals surface area contributed by atoms with Crippen LogP contribution in [0.1, 0.15) is 17.2 Å². The molecule has 0 bridgehead atoms. The molecule has 0 aliphatic carbocycles. The van der Waals surface area contributed by atoms with Gasteiger partial charge in [0.1, 0.15) is 6.10 Å². The summed E-state index contributed by atoms with van der Waals surface area (Å²) in [6.07, 6.45) is 3.87. The van der Waals surface area contributed by atoms with Crippen LogP contribution in [0.3, 0.4) is 0 Å². The van der Waals surface area contributed by atoms with Crippen LogP contribution in [-0.2, 0) is 18.3 Å². The smallest absolute Gasteiger partial charge is 0.194 e. The fourth-order valence-electron chi connectivity index (χ4n) is 4.22. The van der Waals surface area contributed by atoms with Crippen LogP contribution in [0, 0.1) is 0 Å². The summed E-state index contributed by atoms with van der Waals surface area (Å²) in [5.74, 6) is 0.862. The summed E-state index contributed by atoms with van der Waals surface area (Å²) in [5, 5.41) is 8.60.